The van der Waals surface area contributed by atoms with E-state index in [4.69, 9.17) is 4.74 Å². The van der Waals surface area contributed by atoms with Gasteiger partial charge in [-0.1, -0.05) is 36.8 Å². The fourth-order valence-electron chi connectivity index (χ4n) is 7.23. The van der Waals surface area contributed by atoms with E-state index in [9.17, 15) is 4.79 Å². The van der Waals surface area contributed by atoms with E-state index < -0.39 is 0 Å². The van der Waals surface area contributed by atoms with Gasteiger partial charge < -0.3 is 14.5 Å². The van der Waals surface area contributed by atoms with Crippen LogP contribution in [0.1, 0.15) is 50.2 Å². The number of ether oxygens (including phenoxy) is 1. The molecule has 0 aromatic heterocycles. The van der Waals surface area contributed by atoms with Crippen LogP contribution < -0.4 is 9.80 Å². The molecule has 2 aliphatic heterocycles. The molecule has 0 unspecified atom stereocenters. The molecule has 2 saturated heterocycles. The molecule has 0 radical (unpaired) electrons. The quantitative estimate of drug-likeness (QED) is 0.598. The fourth-order valence-corrected chi connectivity index (χ4v) is 7.23. The van der Waals surface area contributed by atoms with Gasteiger partial charge in [-0.2, -0.15) is 0 Å². The highest BCUT2D eigenvalue weighted by Crippen LogP contribution is 2.56. The van der Waals surface area contributed by atoms with Crippen LogP contribution in [0.15, 0.2) is 30.4 Å². The minimum atomic E-state index is 0.0759. The lowest BCUT2D eigenvalue weighted by atomic mass is 9.55. The van der Waals surface area contributed by atoms with E-state index in [1.165, 1.54) is 41.6 Å². The van der Waals surface area contributed by atoms with E-state index in [-0.39, 0.29) is 23.4 Å². The van der Waals surface area contributed by atoms with E-state index in [0.29, 0.717) is 11.8 Å². The third-order valence-electron chi connectivity index (χ3n) is 8.99. The van der Waals surface area contributed by atoms with Gasteiger partial charge >= 0.3 is 5.97 Å². The van der Waals surface area contributed by atoms with E-state index >= 15 is 0 Å². The normalized spacial score (nSPS) is 36.2. The maximum Gasteiger partial charge on any atom is 0.315 e. The molecule has 168 valence electrons. The molecule has 4 fully saturated rings. The number of fused-ring (bicyclic) bond motifs is 2. The van der Waals surface area contributed by atoms with Crippen molar-refractivity contribution in [3.63, 3.8) is 0 Å². The third kappa shape index (κ3) is 3.82. The molecule has 1 aromatic rings. The van der Waals surface area contributed by atoms with Gasteiger partial charge in [-0.3, -0.25) is 4.79 Å². The number of benzene rings is 1. The van der Waals surface area contributed by atoms with Crippen molar-refractivity contribution >= 4 is 11.7 Å². The first-order valence-corrected chi connectivity index (χ1v) is 12.4. The molecule has 5 rings (SSSR count). The number of carbonyl (C=O) groups is 1. The van der Waals surface area contributed by atoms with E-state index in [2.05, 4.69) is 50.4 Å². The fraction of sp³-hybridized carbons (Fsp3) is 0.667. The number of hydrogen-bond donors (Lipinski definition) is 1. The van der Waals surface area contributed by atoms with Crippen molar-refractivity contribution < 1.29 is 14.4 Å². The molecule has 1 N–H and O–H groups in total. The van der Waals surface area contributed by atoms with Crippen LogP contribution in [-0.2, 0) is 9.53 Å². The van der Waals surface area contributed by atoms with Crippen molar-refractivity contribution in [1.29, 1.82) is 0 Å². The molecule has 4 heteroatoms. The predicted molar refractivity (Wildman–Crippen MR) is 124 cm³/mol. The zero-order valence-corrected chi connectivity index (χ0v) is 19.6. The number of carbonyl (C=O) groups excluding carboxylic acids is 1. The van der Waals surface area contributed by atoms with E-state index in [1.807, 2.05) is 0 Å². The van der Waals surface area contributed by atoms with Crippen LogP contribution in [0.2, 0.25) is 0 Å². The second-order valence-corrected chi connectivity index (χ2v) is 11.1. The zero-order chi connectivity index (χ0) is 21.8. The molecular formula is C27H39N2O2+. The summed E-state index contributed by atoms with van der Waals surface area (Å²) in [4.78, 5) is 17.0. The number of esters is 1. The largest absolute Gasteiger partial charge is 0.462 e. The number of allylic oxidation sites excluding steroid dienone is 1. The van der Waals surface area contributed by atoms with Crippen molar-refractivity contribution in [2.45, 2.75) is 59.0 Å². The average molecular weight is 424 g/mol. The summed E-state index contributed by atoms with van der Waals surface area (Å²) in [5.74, 6) is 1.13. The lowest BCUT2D eigenvalue weighted by Gasteiger charge is -2.50. The maximum absolute atomic E-state index is 12.9. The first kappa shape index (κ1) is 21.1. The maximum atomic E-state index is 12.9. The Balaban J connectivity index is 1.23. The Bertz CT molecular complexity index is 872. The summed E-state index contributed by atoms with van der Waals surface area (Å²) in [5, 5.41) is 0. The third-order valence-corrected chi connectivity index (χ3v) is 8.99. The highest BCUT2D eigenvalue weighted by atomic mass is 16.6. The Hall–Kier alpha value is -1.81. The topological polar surface area (TPSA) is 34.0 Å². The van der Waals surface area contributed by atoms with Crippen LogP contribution in [0.5, 0.6) is 0 Å². The van der Waals surface area contributed by atoms with Crippen molar-refractivity contribution in [3.05, 3.63) is 41.5 Å². The molecule has 31 heavy (non-hydrogen) atoms. The van der Waals surface area contributed by atoms with Crippen molar-refractivity contribution in [1.82, 2.24) is 0 Å². The summed E-state index contributed by atoms with van der Waals surface area (Å²) in [6.07, 6.45) is 5.96. The SMILES string of the molecule is C=C1CCC[C@@]2(C)C[C@@H]3OC(=O)[C@@H](C[NH+]4CCN(c5ccc(C)cc5C)CC4)[C@H]3C[C@H]12. The second kappa shape index (κ2) is 7.95. The predicted octanol–water partition coefficient (Wildman–Crippen LogP) is 3.32. The monoisotopic (exact) mass is 423 g/mol. The van der Waals surface area contributed by atoms with Gasteiger partial charge in [0.25, 0.3) is 0 Å². The van der Waals surface area contributed by atoms with Gasteiger partial charge in [0.05, 0.1) is 32.7 Å². The highest BCUT2D eigenvalue weighted by molar-refractivity contribution is 5.75. The molecule has 2 aliphatic carbocycles. The number of aryl methyl sites for hydroxylation is 2. The van der Waals surface area contributed by atoms with E-state index in [1.54, 1.807) is 4.90 Å². The number of anilines is 1. The first-order valence-electron chi connectivity index (χ1n) is 12.4. The van der Waals surface area contributed by atoms with Crippen molar-refractivity contribution in [2.75, 3.05) is 37.6 Å². The standard InChI is InChI=1S/C27H38N2O2/c1-18-7-8-24(20(3)14-18)29-12-10-28(11-13-29)17-22-21-15-23-19(2)6-5-9-27(23,4)16-25(21)31-26(22)30/h7-8,14,21-23,25H,2,5-6,9-13,15-17H2,1,3-4H3/p+1/t21-,22+,23-,25+,27+/m1/s1. The Kier molecular flexibility index (Phi) is 5.40. The summed E-state index contributed by atoms with van der Waals surface area (Å²) >= 11 is 0. The van der Waals surface area contributed by atoms with Crippen LogP contribution in [0, 0.1) is 37.0 Å². The van der Waals surface area contributed by atoms with Gasteiger partial charge in [-0.05, 0) is 68.9 Å². The van der Waals surface area contributed by atoms with Gasteiger partial charge in [-0.25, -0.2) is 0 Å². The number of piperazine rings is 1. The Morgan fingerprint density at radius 3 is 2.77 bits per heavy atom. The van der Waals surface area contributed by atoms with Crippen LogP contribution in [0.3, 0.4) is 0 Å². The van der Waals surface area contributed by atoms with Gasteiger partial charge in [0, 0.05) is 11.6 Å². The Morgan fingerprint density at radius 1 is 1.26 bits per heavy atom. The molecule has 4 nitrogen and oxygen atoms in total. The minimum Gasteiger partial charge on any atom is -0.462 e. The molecule has 2 heterocycles. The second-order valence-electron chi connectivity index (χ2n) is 11.1. The van der Waals surface area contributed by atoms with Crippen LogP contribution in [0.4, 0.5) is 5.69 Å². The summed E-state index contributed by atoms with van der Waals surface area (Å²) < 4.78 is 5.99. The van der Waals surface area contributed by atoms with Crippen LogP contribution in [-0.4, -0.2) is 44.8 Å². The van der Waals surface area contributed by atoms with Gasteiger partial charge in [-0.15, -0.1) is 0 Å². The molecule has 0 amide bonds. The van der Waals surface area contributed by atoms with E-state index in [0.717, 1.165) is 45.6 Å². The number of nitrogens with one attached hydrogen (secondary N) is 1. The molecular weight excluding hydrogens is 384 g/mol. The number of quaternary nitrogens is 1. The molecule has 4 aliphatic rings. The lowest BCUT2D eigenvalue weighted by molar-refractivity contribution is -0.903. The first-order chi connectivity index (χ1) is 14.8. The summed E-state index contributed by atoms with van der Waals surface area (Å²) in [6, 6.07) is 6.76. The highest BCUT2D eigenvalue weighted by Gasteiger charge is 2.56. The Morgan fingerprint density at radius 2 is 2.03 bits per heavy atom. The number of rotatable bonds is 3. The molecule has 2 saturated carbocycles. The van der Waals surface area contributed by atoms with Gasteiger partial charge in [0.15, 0.2) is 0 Å². The smallest absolute Gasteiger partial charge is 0.315 e. The summed E-state index contributed by atoms with van der Waals surface area (Å²) in [6.45, 7) is 16.5. The molecule has 1 aromatic carbocycles. The van der Waals surface area contributed by atoms with Crippen molar-refractivity contribution in [2.24, 2.45) is 23.2 Å². The Labute approximate surface area is 187 Å². The molecule has 0 bridgehead atoms. The van der Waals surface area contributed by atoms with Gasteiger partial charge in [0.1, 0.15) is 12.0 Å². The molecule has 0 spiro atoms. The number of nitrogens with zero attached hydrogens (tertiary/aromatic N) is 1. The van der Waals surface area contributed by atoms with Crippen LogP contribution in [0.25, 0.3) is 0 Å². The zero-order valence-electron chi connectivity index (χ0n) is 19.6. The minimum absolute atomic E-state index is 0.0759. The van der Waals surface area contributed by atoms with Crippen LogP contribution >= 0.6 is 0 Å². The summed E-state index contributed by atoms with van der Waals surface area (Å²) in [7, 11) is 0. The van der Waals surface area contributed by atoms with Gasteiger partial charge in [0.2, 0.25) is 0 Å². The molecule has 5 atom stereocenters. The summed E-state index contributed by atoms with van der Waals surface area (Å²) in [5.41, 5.74) is 5.77. The van der Waals surface area contributed by atoms with Crippen molar-refractivity contribution in [3.8, 4) is 0 Å². The number of hydrogen-bond acceptors (Lipinski definition) is 3. The average Bonchev–Trinajstić information content (AvgIpc) is 3.01. The lowest BCUT2D eigenvalue weighted by Crippen LogP contribution is -3.15.